The molecule has 0 fully saturated rings. The fourth-order valence-electron chi connectivity index (χ4n) is 2.14. The standard InChI is InChI=1S/C15H15ClF3N5O2/c1-2-23(13(26)8-21-12(25)6-15(17,18)19)11-9-24(22-14(11)16)10-4-3-5-20-7-10/h3-5,7,9H,2,6,8H2,1H3,(H,21,25). The van der Waals surface area contributed by atoms with E-state index in [0.29, 0.717) is 5.69 Å². The highest BCUT2D eigenvalue weighted by Gasteiger charge is 2.31. The molecule has 140 valence electrons. The number of alkyl halides is 3. The van der Waals surface area contributed by atoms with Crippen LogP contribution in [0.25, 0.3) is 5.69 Å². The molecule has 0 bridgehead atoms. The number of hydrogen-bond donors (Lipinski definition) is 1. The molecule has 2 heterocycles. The molecule has 0 aliphatic rings. The molecule has 26 heavy (non-hydrogen) atoms. The van der Waals surface area contributed by atoms with Crippen molar-refractivity contribution in [1.82, 2.24) is 20.1 Å². The molecular weight excluding hydrogens is 375 g/mol. The van der Waals surface area contributed by atoms with Gasteiger partial charge in [0.15, 0.2) is 5.15 Å². The Hall–Kier alpha value is -2.62. The summed E-state index contributed by atoms with van der Waals surface area (Å²) < 4.78 is 37.9. The van der Waals surface area contributed by atoms with Crippen LogP contribution in [0.4, 0.5) is 18.9 Å². The highest BCUT2D eigenvalue weighted by atomic mass is 35.5. The van der Waals surface area contributed by atoms with Crippen LogP contribution in [0.3, 0.4) is 0 Å². The van der Waals surface area contributed by atoms with E-state index in [-0.39, 0.29) is 17.4 Å². The van der Waals surface area contributed by atoms with Gasteiger partial charge in [-0.3, -0.25) is 14.6 Å². The minimum atomic E-state index is -4.63. The maximum atomic E-state index is 12.3. The van der Waals surface area contributed by atoms with Crippen LogP contribution in [0.15, 0.2) is 30.7 Å². The zero-order chi connectivity index (χ0) is 19.3. The van der Waals surface area contributed by atoms with E-state index in [1.54, 1.807) is 31.5 Å². The summed E-state index contributed by atoms with van der Waals surface area (Å²) in [6, 6.07) is 3.43. The van der Waals surface area contributed by atoms with Gasteiger partial charge in [0.1, 0.15) is 12.1 Å². The quantitative estimate of drug-likeness (QED) is 0.822. The number of nitrogens with one attached hydrogen (secondary N) is 1. The fraction of sp³-hybridized carbons (Fsp3) is 0.333. The van der Waals surface area contributed by atoms with E-state index in [0.717, 1.165) is 0 Å². The number of anilines is 1. The molecule has 0 unspecified atom stereocenters. The average Bonchev–Trinajstić information content (AvgIpc) is 2.95. The number of hydrogen-bond acceptors (Lipinski definition) is 4. The highest BCUT2D eigenvalue weighted by molar-refractivity contribution is 6.32. The number of likely N-dealkylation sites (N-methyl/N-ethyl adjacent to an activating group) is 1. The number of pyridine rings is 1. The first-order chi connectivity index (χ1) is 12.2. The van der Waals surface area contributed by atoms with Gasteiger partial charge < -0.3 is 10.2 Å². The molecule has 2 aromatic rings. The second kappa shape index (κ2) is 8.17. The Morgan fingerprint density at radius 2 is 2.12 bits per heavy atom. The van der Waals surface area contributed by atoms with Crippen molar-refractivity contribution in [3.05, 3.63) is 35.9 Å². The largest absolute Gasteiger partial charge is 0.397 e. The van der Waals surface area contributed by atoms with E-state index < -0.39 is 31.0 Å². The first-order valence-corrected chi connectivity index (χ1v) is 7.88. The topological polar surface area (TPSA) is 80.1 Å². The minimum Gasteiger partial charge on any atom is -0.347 e. The van der Waals surface area contributed by atoms with Crippen LogP contribution in [0.1, 0.15) is 13.3 Å². The summed E-state index contributed by atoms with van der Waals surface area (Å²) in [6.07, 6.45) is -1.65. The Morgan fingerprint density at radius 1 is 1.38 bits per heavy atom. The highest BCUT2D eigenvalue weighted by Crippen LogP contribution is 2.26. The Labute approximate surface area is 151 Å². The fourth-order valence-corrected chi connectivity index (χ4v) is 2.37. The zero-order valence-corrected chi connectivity index (χ0v) is 14.4. The Bertz CT molecular complexity index is 779. The van der Waals surface area contributed by atoms with Gasteiger partial charge in [-0.2, -0.15) is 18.3 Å². The summed E-state index contributed by atoms with van der Waals surface area (Å²) in [7, 11) is 0. The maximum absolute atomic E-state index is 12.3. The van der Waals surface area contributed by atoms with Gasteiger partial charge in [-0.05, 0) is 19.1 Å². The van der Waals surface area contributed by atoms with Crippen molar-refractivity contribution >= 4 is 29.1 Å². The lowest BCUT2D eigenvalue weighted by Gasteiger charge is -2.19. The molecule has 0 aliphatic heterocycles. The molecular formula is C15H15ClF3N5O2. The van der Waals surface area contributed by atoms with Crippen molar-refractivity contribution in [2.24, 2.45) is 0 Å². The van der Waals surface area contributed by atoms with E-state index >= 15 is 0 Å². The van der Waals surface area contributed by atoms with Gasteiger partial charge >= 0.3 is 6.18 Å². The van der Waals surface area contributed by atoms with E-state index in [4.69, 9.17) is 11.6 Å². The Kier molecular flexibility index (Phi) is 6.19. The smallest absolute Gasteiger partial charge is 0.347 e. The van der Waals surface area contributed by atoms with Crippen molar-refractivity contribution < 1.29 is 22.8 Å². The lowest BCUT2D eigenvalue weighted by Crippen LogP contribution is -2.41. The maximum Gasteiger partial charge on any atom is 0.397 e. The summed E-state index contributed by atoms with van der Waals surface area (Å²) in [5, 5.41) is 6.07. The van der Waals surface area contributed by atoms with Crippen LogP contribution < -0.4 is 10.2 Å². The number of carbonyl (C=O) groups is 2. The number of aromatic nitrogens is 3. The van der Waals surface area contributed by atoms with Crippen molar-refractivity contribution in [1.29, 1.82) is 0 Å². The lowest BCUT2D eigenvalue weighted by atomic mass is 10.3. The van der Waals surface area contributed by atoms with Gasteiger partial charge in [0.05, 0.1) is 24.6 Å². The molecule has 0 spiro atoms. The van der Waals surface area contributed by atoms with Gasteiger partial charge in [-0.1, -0.05) is 11.6 Å². The predicted molar refractivity (Wildman–Crippen MR) is 88.1 cm³/mol. The minimum absolute atomic E-state index is 0.0330. The normalized spacial score (nSPS) is 11.3. The number of carbonyl (C=O) groups excluding carboxylic acids is 2. The monoisotopic (exact) mass is 389 g/mol. The van der Waals surface area contributed by atoms with Crippen LogP contribution >= 0.6 is 11.6 Å². The first-order valence-electron chi connectivity index (χ1n) is 7.50. The van der Waals surface area contributed by atoms with Crippen molar-refractivity contribution in [2.45, 2.75) is 19.5 Å². The summed E-state index contributed by atoms with van der Waals surface area (Å²) in [5.41, 5.74) is 0.885. The van der Waals surface area contributed by atoms with Crippen LogP contribution in [0.2, 0.25) is 5.15 Å². The summed E-state index contributed by atoms with van der Waals surface area (Å²) in [5.74, 6) is -1.89. The Balaban J connectivity index is 2.09. The van der Waals surface area contributed by atoms with E-state index in [1.165, 1.54) is 15.8 Å². The van der Waals surface area contributed by atoms with Crippen molar-refractivity contribution in [3.8, 4) is 5.69 Å². The third-order valence-corrected chi connectivity index (χ3v) is 3.54. The molecule has 0 saturated carbocycles. The average molecular weight is 390 g/mol. The lowest BCUT2D eigenvalue weighted by molar-refractivity contribution is -0.154. The SMILES string of the molecule is CCN(C(=O)CNC(=O)CC(F)(F)F)c1cn(-c2cccnc2)nc1Cl. The van der Waals surface area contributed by atoms with Gasteiger partial charge in [0, 0.05) is 12.7 Å². The molecule has 1 N–H and O–H groups in total. The second-order valence-electron chi connectivity index (χ2n) is 5.17. The van der Waals surface area contributed by atoms with Crippen molar-refractivity contribution in [2.75, 3.05) is 18.0 Å². The van der Waals surface area contributed by atoms with E-state index in [9.17, 15) is 22.8 Å². The number of halogens is 4. The predicted octanol–water partition coefficient (Wildman–Crippen LogP) is 2.34. The summed E-state index contributed by atoms with van der Waals surface area (Å²) in [4.78, 5) is 28.7. The van der Waals surface area contributed by atoms with Crippen LogP contribution in [-0.4, -0.2) is 45.8 Å². The number of nitrogens with zero attached hydrogens (tertiary/aromatic N) is 4. The van der Waals surface area contributed by atoms with Crippen LogP contribution in [0.5, 0.6) is 0 Å². The Morgan fingerprint density at radius 3 is 2.69 bits per heavy atom. The van der Waals surface area contributed by atoms with Gasteiger partial charge in [0.2, 0.25) is 11.8 Å². The molecule has 2 amide bonds. The van der Waals surface area contributed by atoms with Crippen LogP contribution in [0, 0.1) is 0 Å². The van der Waals surface area contributed by atoms with E-state index in [1.807, 2.05) is 5.32 Å². The molecule has 0 saturated heterocycles. The molecule has 7 nitrogen and oxygen atoms in total. The van der Waals surface area contributed by atoms with Gasteiger partial charge in [0.25, 0.3) is 0 Å². The molecule has 2 aromatic heterocycles. The summed E-state index contributed by atoms with van der Waals surface area (Å²) >= 11 is 6.08. The molecule has 0 aromatic carbocycles. The third-order valence-electron chi connectivity index (χ3n) is 3.27. The van der Waals surface area contributed by atoms with Crippen molar-refractivity contribution in [3.63, 3.8) is 0 Å². The first kappa shape index (κ1) is 19.7. The van der Waals surface area contributed by atoms with Gasteiger partial charge in [-0.15, -0.1) is 0 Å². The zero-order valence-electron chi connectivity index (χ0n) is 13.6. The number of rotatable bonds is 6. The number of amides is 2. The summed E-state index contributed by atoms with van der Waals surface area (Å²) in [6.45, 7) is 1.26. The molecule has 11 heteroatoms. The van der Waals surface area contributed by atoms with E-state index in [2.05, 4.69) is 10.1 Å². The second-order valence-corrected chi connectivity index (χ2v) is 5.53. The molecule has 2 rings (SSSR count). The molecule has 0 atom stereocenters. The molecule has 0 aliphatic carbocycles. The molecule has 0 radical (unpaired) electrons. The van der Waals surface area contributed by atoms with Crippen LogP contribution in [-0.2, 0) is 9.59 Å². The third kappa shape index (κ3) is 5.19. The van der Waals surface area contributed by atoms with Gasteiger partial charge in [-0.25, -0.2) is 4.68 Å².